The van der Waals surface area contributed by atoms with E-state index in [1.165, 1.54) is 14.2 Å². The fourth-order valence-electron chi connectivity index (χ4n) is 9.63. The Labute approximate surface area is 315 Å². The minimum absolute atomic E-state index is 0.00840. The molecule has 6 fully saturated rings. The smallest absolute Gasteiger partial charge is 0.315 e. The lowest BCUT2D eigenvalue weighted by Crippen LogP contribution is -2.65. The van der Waals surface area contributed by atoms with Gasteiger partial charge in [-0.2, -0.15) is 0 Å². The van der Waals surface area contributed by atoms with Gasteiger partial charge >= 0.3 is 6.03 Å². The van der Waals surface area contributed by atoms with E-state index in [-0.39, 0.29) is 35.0 Å². The van der Waals surface area contributed by atoms with E-state index >= 15 is 0 Å². The molecule has 5 atom stereocenters. The molecule has 1 saturated heterocycles. The molecule has 53 heavy (non-hydrogen) atoms. The minimum atomic E-state index is -3.86. The molecule has 298 valence electrons. The molecular formula is C38H62N6O8S. The van der Waals surface area contributed by atoms with E-state index < -0.39 is 62.7 Å². The average molecular weight is 763 g/mol. The lowest BCUT2D eigenvalue weighted by atomic mass is 9.70. The molecule has 5 amide bonds. The first-order valence-electron chi connectivity index (χ1n) is 20.1. The molecule has 0 aromatic carbocycles. The van der Waals surface area contributed by atoms with Crippen molar-refractivity contribution in [1.82, 2.24) is 30.6 Å². The number of carbonyl (C=O) groups excluding carboxylic acids is 5. The molecule has 0 spiro atoms. The van der Waals surface area contributed by atoms with Crippen molar-refractivity contribution in [3.63, 3.8) is 0 Å². The number of amides is 5. The highest BCUT2D eigenvalue weighted by molar-refractivity contribution is 7.89. The zero-order valence-corrected chi connectivity index (χ0v) is 33.2. The summed E-state index contributed by atoms with van der Waals surface area (Å²) in [7, 11) is -1.26. The second kappa shape index (κ2) is 15.4. The molecular weight excluding hydrogens is 701 g/mol. The van der Waals surface area contributed by atoms with Crippen LogP contribution in [0.5, 0.6) is 0 Å². The predicted octanol–water partition coefficient (Wildman–Crippen LogP) is 3.16. The van der Waals surface area contributed by atoms with E-state index in [2.05, 4.69) is 35.1 Å². The van der Waals surface area contributed by atoms with Gasteiger partial charge in [0.05, 0.1) is 24.4 Å². The molecule has 5 saturated carbocycles. The summed E-state index contributed by atoms with van der Waals surface area (Å²) >= 11 is 0. The third-order valence-electron chi connectivity index (χ3n) is 13.6. The summed E-state index contributed by atoms with van der Waals surface area (Å²) < 4.78 is 27.2. The van der Waals surface area contributed by atoms with E-state index in [4.69, 9.17) is 4.84 Å². The number of nitrogens with zero attached hydrogens (tertiary/aromatic N) is 2. The van der Waals surface area contributed by atoms with E-state index in [1.807, 2.05) is 6.92 Å². The van der Waals surface area contributed by atoms with Crippen molar-refractivity contribution >= 4 is 39.6 Å². The first-order valence-corrected chi connectivity index (χ1v) is 21.7. The zero-order valence-electron chi connectivity index (χ0n) is 32.3. The number of hydrogen-bond acceptors (Lipinski definition) is 8. The molecule has 4 N–H and O–H groups in total. The van der Waals surface area contributed by atoms with Gasteiger partial charge in [0, 0.05) is 19.6 Å². The molecule has 1 aliphatic heterocycles. The summed E-state index contributed by atoms with van der Waals surface area (Å²) in [5.74, 6) is -1.99. The van der Waals surface area contributed by atoms with Crippen LogP contribution in [0, 0.1) is 28.6 Å². The van der Waals surface area contributed by atoms with Gasteiger partial charge in [0.2, 0.25) is 27.6 Å². The summed E-state index contributed by atoms with van der Waals surface area (Å²) in [6.07, 6.45) is 12.5. The van der Waals surface area contributed by atoms with Crippen LogP contribution in [0.3, 0.4) is 0 Å². The van der Waals surface area contributed by atoms with Crippen LogP contribution >= 0.6 is 0 Å². The third-order valence-corrected chi connectivity index (χ3v) is 15.5. The number of hydrogen-bond donors (Lipinski definition) is 4. The molecule has 6 aliphatic rings. The molecule has 0 aromatic heterocycles. The van der Waals surface area contributed by atoms with Gasteiger partial charge < -0.3 is 26.2 Å². The van der Waals surface area contributed by atoms with Crippen molar-refractivity contribution in [2.75, 3.05) is 26.5 Å². The van der Waals surface area contributed by atoms with Gasteiger partial charge in [-0.1, -0.05) is 76.6 Å². The number of fused-ring (bicyclic) bond motifs is 1. The Bertz CT molecular complexity index is 1530. The molecule has 1 heterocycles. The fourth-order valence-corrected chi connectivity index (χ4v) is 11.1. The van der Waals surface area contributed by atoms with E-state index in [0.717, 1.165) is 75.1 Å². The molecule has 0 aromatic rings. The summed E-state index contributed by atoms with van der Waals surface area (Å²) in [6, 6.07) is -3.40. The van der Waals surface area contributed by atoms with Crippen LogP contribution < -0.4 is 21.3 Å². The van der Waals surface area contributed by atoms with E-state index in [0.29, 0.717) is 44.6 Å². The van der Waals surface area contributed by atoms with Crippen LogP contribution in [-0.2, 0) is 34.0 Å². The lowest BCUT2D eigenvalue weighted by Gasteiger charge is -2.44. The van der Waals surface area contributed by atoms with Crippen LogP contribution in [-0.4, -0.2) is 103 Å². The van der Waals surface area contributed by atoms with Gasteiger partial charge in [-0.15, -0.1) is 0 Å². The Balaban J connectivity index is 1.23. The van der Waals surface area contributed by atoms with Gasteiger partial charge in [0.15, 0.2) is 0 Å². The van der Waals surface area contributed by atoms with Crippen molar-refractivity contribution in [2.45, 2.75) is 153 Å². The number of likely N-dealkylation sites (tertiary alicyclic amines) is 1. The van der Waals surface area contributed by atoms with Crippen LogP contribution in [0.1, 0.15) is 124 Å². The number of urea groups is 1. The number of hydroxylamine groups is 1. The topological polar surface area (TPSA) is 183 Å². The van der Waals surface area contributed by atoms with Crippen molar-refractivity contribution < 1.29 is 37.2 Å². The fraction of sp³-hybridized carbons (Fsp3) is 0.868. The first-order chi connectivity index (χ1) is 25.0. The Kier molecular flexibility index (Phi) is 11.6. The molecule has 0 bridgehead atoms. The minimum Gasteiger partial charge on any atom is -0.347 e. The largest absolute Gasteiger partial charge is 0.347 e. The van der Waals surface area contributed by atoms with Crippen LogP contribution in [0.2, 0.25) is 0 Å². The lowest BCUT2D eigenvalue weighted by molar-refractivity contribution is -0.146. The predicted molar refractivity (Wildman–Crippen MR) is 197 cm³/mol. The van der Waals surface area contributed by atoms with Crippen molar-refractivity contribution in [1.29, 1.82) is 0 Å². The maximum atomic E-state index is 14.9. The second-order valence-corrected chi connectivity index (χ2v) is 20.0. The highest BCUT2D eigenvalue weighted by Gasteiger charge is 2.70. The van der Waals surface area contributed by atoms with E-state index in [1.54, 1.807) is 4.90 Å². The maximum Gasteiger partial charge on any atom is 0.315 e. The summed E-state index contributed by atoms with van der Waals surface area (Å²) in [5, 5.41) is 11.8. The number of sulfonamides is 1. The normalized spacial score (nSPS) is 28.3. The highest BCUT2D eigenvalue weighted by Crippen LogP contribution is 2.65. The summed E-state index contributed by atoms with van der Waals surface area (Å²) in [6.45, 7) is 6.55. The van der Waals surface area contributed by atoms with Crippen molar-refractivity contribution in [3.05, 3.63) is 0 Å². The van der Waals surface area contributed by atoms with E-state index in [9.17, 15) is 32.4 Å². The average Bonchev–Trinajstić information content (AvgIpc) is 4.07. The van der Waals surface area contributed by atoms with Crippen molar-refractivity contribution in [2.24, 2.45) is 28.6 Å². The van der Waals surface area contributed by atoms with Gasteiger partial charge in [0.25, 0.3) is 5.91 Å². The quantitative estimate of drug-likeness (QED) is 0.137. The van der Waals surface area contributed by atoms with Gasteiger partial charge in [0.1, 0.15) is 12.1 Å². The van der Waals surface area contributed by atoms with Crippen LogP contribution in [0.15, 0.2) is 0 Å². The molecule has 6 rings (SSSR count). The maximum absolute atomic E-state index is 14.9. The number of carbonyl (C=O) groups is 5. The Morgan fingerprint density at radius 1 is 0.887 bits per heavy atom. The SMILES string of the molecule is CON(C)S(=O)(=O)CC1(NC(=O)N[C@H](C(=O)N2C[C@H]3[C@@H]([C@H]2C(=O)N[C@@H](CCC2CC2)C(=O)C(=O)NC2CC2)C3(C)C)C2(C)CCCCC2)CCCCC1. The molecule has 5 aliphatic carbocycles. The molecule has 14 nitrogen and oxygen atoms in total. The van der Waals surface area contributed by atoms with Gasteiger partial charge in [-0.3, -0.25) is 24.0 Å². The number of Topliss-reactive ketones (excluding diaryl/α,β-unsaturated/α-hetero) is 1. The molecule has 15 heteroatoms. The summed E-state index contributed by atoms with van der Waals surface area (Å²) in [5.41, 5.74) is -1.83. The van der Waals surface area contributed by atoms with Crippen LogP contribution in [0.4, 0.5) is 4.79 Å². The highest BCUT2D eigenvalue weighted by atomic mass is 32.2. The first kappa shape index (κ1) is 39.9. The van der Waals surface area contributed by atoms with Crippen molar-refractivity contribution in [3.8, 4) is 0 Å². The molecule has 0 unspecified atom stereocenters. The molecule has 0 radical (unpaired) electrons. The number of piperidine rings is 1. The second-order valence-electron chi connectivity index (χ2n) is 18.0. The Morgan fingerprint density at radius 2 is 1.51 bits per heavy atom. The van der Waals surface area contributed by atoms with Crippen LogP contribution in [0.25, 0.3) is 0 Å². The summed E-state index contributed by atoms with van der Waals surface area (Å²) in [4.78, 5) is 76.3. The standard InChI is InChI=1S/C38H62N6O8S/c1-36(2)26-22-44(29(28(26)36)32(46)40-27(17-14-24-12-13-24)30(45)33(47)39-25-15-16-25)34(48)31(37(3)18-8-6-9-19-37)41-35(49)42-38(20-10-7-11-21-38)23-53(50,51)43(4)52-5/h24-29,31H,6-23H2,1-5H3,(H,39,47)(H,40,46)(H2,41,42,49)/t26-,27-,28-,29-,31+/m0/s1. The van der Waals surface area contributed by atoms with Gasteiger partial charge in [-0.05, 0) is 80.0 Å². The monoisotopic (exact) mass is 762 g/mol. The number of nitrogens with one attached hydrogen (secondary N) is 4. The Hall–Kier alpha value is -2.78. The van der Waals surface area contributed by atoms with Gasteiger partial charge in [-0.25, -0.2) is 13.2 Å². The Morgan fingerprint density at radius 3 is 2.09 bits per heavy atom. The number of ketones is 1. The zero-order chi connectivity index (χ0) is 38.3. The number of rotatable bonds is 16. The third kappa shape index (κ3) is 8.87.